The lowest BCUT2D eigenvalue weighted by Crippen LogP contribution is -2.36. The Balaban J connectivity index is 1.88. The Hall–Kier alpha value is -2.33. The molecule has 3 nitrogen and oxygen atoms in total. The van der Waals surface area contributed by atoms with E-state index >= 15 is 0 Å². The van der Waals surface area contributed by atoms with Gasteiger partial charge in [0.25, 0.3) is 0 Å². The Morgan fingerprint density at radius 2 is 1.81 bits per heavy atom. The first kappa shape index (κ1) is 19.4. The summed E-state index contributed by atoms with van der Waals surface area (Å²) in [6, 6.07) is 12.4. The van der Waals surface area contributed by atoms with Crippen LogP contribution in [0.2, 0.25) is 0 Å². The smallest absolute Gasteiger partial charge is 0.134 e. The molecular weight excluding hydrogens is 343 g/mol. The van der Waals surface area contributed by atoms with Crippen molar-refractivity contribution in [3.63, 3.8) is 0 Å². The van der Waals surface area contributed by atoms with E-state index < -0.39 is 11.0 Å². The van der Waals surface area contributed by atoms with Crippen molar-refractivity contribution in [1.29, 1.82) is 0 Å². The highest BCUT2D eigenvalue weighted by atomic mass is 19.1. The lowest BCUT2D eigenvalue weighted by Gasteiger charge is -2.35. The molecule has 0 amide bonds. The molecule has 144 valence electrons. The summed E-state index contributed by atoms with van der Waals surface area (Å²) in [6.07, 6.45) is 0.810. The number of aryl methyl sites for hydroxylation is 1. The number of ether oxygens (including phenoxy) is 1. The fraction of sp³-hybridized carbons (Fsp3) is 0.391. The Morgan fingerprint density at radius 1 is 1.11 bits per heavy atom. The van der Waals surface area contributed by atoms with E-state index in [2.05, 4.69) is 0 Å². The molecule has 4 heteroatoms. The maximum Gasteiger partial charge on any atom is 0.134 e. The SMILES string of the molecule is COc1ccc(F)cc1C(C)(C)CC(C)(O)Cc1oc2ccccc2c1C. The predicted molar refractivity (Wildman–Crippen MR) is 106 cm³/mol. The summed E-state index contributed by atoms with van der Waals surface area (Å²) in [6.45, 7) is 7.79. The van der Waals surface area contributed by atoms with Crippen molar-refractivity contribution in [2.24, 2.45) is 0 Å². The molecule has 0 fully saturated rings. The van der Waals surface area contributed by atoms with Crippen molar-refractivity contribution in [2.45, 2.75) is 51.6 Å². The van der Waals surface area contributed by atoms with Gasteiger partial charge in [-0.15, -0.1) is 0 Å². The second-order valence-electron chi connectivity index (χ2n) is 8.23. The molecule has 0 aliphatic rings. The first-order chi connectivity index (χ1) is 12.6. The average Bonchev–Trinajstić information content (AvgIpc) is 2.89. The molecule has 27 heavy (non-hydrogen) atoms. The van der Waals surface area contributed by atoms with Crippen LogP contribution in [0.5, 0.6) is 5.75 Å². The Labute approximate surface area is 159 Å². The lowest BCUT2D eigenvalue weighted by atomic mass is 9.74. The number of hydrogen-bond donors (Lipinski definition) is 1. The van der Waals surface area contributed by atoms with E-state index in [-0.39, 0.29) is 5.82 Å². The molecule has 1 aromatic heterocycles. The van der Waals surface area contributed by atoms with E-state index in [0.29, 0.717) is 18.6 Å². The third-order valence-electron chi connectivity index (χ3n) is 5.20. The molecule has 1 heterocycles. The minimum atomic E-state index is -1.03. The summed E-state index contributed by atoms with van der Waals surface area (Å²) >= 11 is 0. The van der Waals surface area contributed by atoms with Crippen molar-refractivity contribution in [3.05, 3.63) is 65.2 Å². The van der Waals surface area contributed by atoms with Crippen LogP contribution in [0.4, 0.5) is 4.39 Å². The monoisotopic (exact) mass is 370 g/mol. The van der Waals surface area contributed by atoms with Gasteiger partial charge in [0.1, 0.15) is 22.9 Å². The molecule has 1 unspecified atom stereocenters. The molecule has 0 bridgehead atoms. The second kappa shape index (κ2) is 7.01. The number of benzene rings is 2. The van der Waals surface area contributed by atoms with Gasteiger partial charge in [-0.05, 0) is 55.5 Å². The van der Waals surface area contributed by atoms with Crippen LogP contribution in [0.1, 0.15) is 44.1 Å². The van der Waals surface area contributed by atoms with E-state index in [9.17, 15) is 9.50 Å². The fourth-order valence-corrected chi connectivity index (χ4v) is 4.06. The Bertz CT molecular complexity index is 953. The zero-order valence-corrected chi connectivity index (χ0v) is 16.6. The van der Waals surface area contributed by atoms with E-state index in [0.717, 1.165) is 27.9 Å². The Morgan fingerprint density at radius 3 is 2.48 bits per heavy atom. The maximum atomic E-state index is 13.8. The zero-order chi connectivity index (χ0) is 19.8. The van der Waals surface area contributed by atoms with Gasteiger partial charge in [-0.2, -0.15) is 0 Å². The molecule has 0 aliphatic heterocycles. The van der Waals surface area contributed by atoms with Crippen molar-refractivity contribution >= 4 is 11.0 Å². The molecule has 0 aliphatic carbocycles. The lowest BCUT2D eigenvalue weighted by molar-refractivity contribution is 0.0269. The molecule has 3 rings (SSSR count). The Kier molecular flexibility index (Phi) is 5.04. The molecule has 0 spiro atoms. The number of hydrogen-bond acceptors (Lipinski definition) is 3. The van der Waals surface area contributed by atoms with Gasteiger partial charge in [0.05, 0.1) is 12.7 Å². The largest absolute Gasteiger partial charge is 0.496 e. The highest BCUT2D eigenvalue weighted by Gasteiger charge is 2.35. The molecule has 1 N–H and O–H groups in total. The number of aliphatic hydroxyl groups is 1. The third-order valence-corrected chi connectivity index (χ3v) is 5.20. The van der Waals surface area contributed by atoms with E-state index in [4.69, 9.17) is 9.15 Å². The molecule has 0 saturated heterocycles. The van der Waals surface area contributed by atoms with Gasteiger partial charge in [-0.25, -0.2) is 4.39 Å². The van der Waals surface area contributed by atoms with Gasteiger partial charge >= 0.3 is 0 Å². The number of fused-ring (bicyclic) bond motifs is 1. The topological polar surface area (TPSA) is 42.6 Å². The molecule has 2 aromatic carbocycles. The van der Waals surface area contributed by atoms with Crippen molar-refractivity contribution in [2.75, 3.05) is 7.11 Å². The second-order valence-corrected chi connectivity index (χ2v) is 8.23. The molecule has 0 saturated carbocycles. The molecular formula is C23H27FO3. The van der Waals surface area contributed by atoms with Crippen LogP contribution in [0.15, 0.2) is 46.9 Å². The van der Waals surface area contributed by atoms with Crippen LogP contribution in [-0.2, 0) is 11.8 Å². The van der Waals surface area contributed by atoms with Crippen LogP contribution < -0.4 is 4.74 Å². The van der Waals surface area contributed by atoms with Gasteiger partial charge in [0.15, 0.2) is 0 Å². The number of methoxy groups -OCH3 is 1. The van der Waals surface area contributed by atoms with Gasteiger partial charge < -0.3 is 14.3 Å². The summed E-state index contributed by atoms with van der Waals surface area (Å²) in [5.74, 6) is 1.09. The van der Waals surface area contributed by atoms with Gasteiger partial charge in [-0.1, -0.05) is 32.0 Å². The number of rotatable bonds is 6. The van der Waals surface area contributed by atoms with E-state index in [1.807, 2.05) is 45.0 Å². The normalized spacial score (nSPS) is 14.3. The van der Waals surface area contributed by atoms with E-state index in [1.54, 1.807) is 20.1 Å². The maximum absolute atomic E-state index is 13.8. The number of furan rings is 1. The van der Waals surface area contributed by atoms with E-state index in [1.165, 1.54) is 12.1 Å². The van der Waals surface area contributed by atoms with Gasteiger partial charge in [0, 0.05) is 17.4 Å². The summed E-state index contributed by atoms with van der Waals surface area (Å²) in [4.78, 5) is 0. The van der Waals surface area contributed by atoms with Crippen molar-refractivity contribution in [3.8, 4) is 5.75 Å². The standard InChI is InChI=1S/C23H27FO3/c1-15-17-8-6-7-9-19(17)27-21(15)13-23(4,25)14-22(2,3)18-12-16(24)10-11-20(18)26-5/h6-12,25H,13-14H2,1-5H3. The highest BCUT2D eigenvalue weighted by molar-refractivity contribution is 5.81. The van der Waals surface area contributed by atoms with Gasteiger partial charge in [-0.3, -0.25) is 0 Å². The summed E-state index contributed by atoms with van der Waals surface area (Å²) in [5, 5.41) is 12.2. The van der Waals surface area contributed by atoms with Crippen molar-refractivity contribution < 1.29 is 18.7 Å². The third kappa shape index (κ3) is 4.01. The summed E-state index contributed by atoms with van der Waals surface area (Å²) in [5.41, 5.74) is 1.10. The minimum absolute atomic E-state index is 0.313. The first-order valence-electron chi connectivity index (χ1n) is 9.16. The zero-order valence-electron chi connectivity index (χ0n) is 16.6. The van der Waals surface area contributed by atoms with Crippen LogP contribution in [0.3, 0.4) is 0 Å². The minimum Gasteiger partial charge on any atom is -0.496 e. The summed E-state index contributed by atoms with van der Waals surface area (Å²) in [7, 11) is 1.57. The van der Waals surface area contributed by atoms with Crippen LogP contribution >= 0.6 is 0 Å². The number of halogens is 1. The fourth-order valence-electron chi connectivity index (χ4n) is 4.06. The summed E-state index contributed by atoms with van der Waals surface area (Å²) < 4.78 is 25.2. The average molecular weight is 370 g/mol. The van der Waals surface area contributed by atoms with Crippen LogP contribution in [-0.4, -0.2) is 17.8 Å². The molecule has 0 radical (unpaired) electrons. The van der Waals surface area contributed by atoms with Gasteiger partial charge in [0.2, 0.25) is 0 Å². The van der Waals surface area contributed by atoms with Crippen LogP contribution in [0, 0.1) is 12.7 Å². The van der Waals surface area contributed by atoms with Crippen molar-refractivity contribution in [1.82, 2.24) is 0 Å². The molecule has 1 atom stereocenters. The first-order valence-corrected chi connectivity index (χ1v) is 9.16. The van der Waals surface area contributed by atoms with Crippen LogP contribution in [0.25, 0.3) is 11.0 Å². The predicted octanol–water partition coefficient (Wildman–Crippen LogP) is 5.55. The quantitative estimate of drug-likeness (QED) is 0.618. The number of para-hydroxylation sites is 1. The molecule has 3 aromatic rings. The highest BCUT2D eigenvalue weighted by Crippen LogP contribution is 2.39.